The highest BCUT2D eigenvalue weighted by molar-refractivity contribution is 7.99. The molecule has 3 aliphatic rings. The molecular formula is C62H58O12S4+2. The van der Waals surface area contributed by atoms with Gasteiger partial charge >= 0.3 is 2.85 Å². The lowest BCUT2D eigenvalue weighted by Gasteiger charge is -2.37. The largest absolute Gasteiger partial charge is 1.00 e. The minimum Gasteiger partial charge on any atom is -0.497 e. The van der Waals surface area contributed by atoms with Gasteiger partial charge in [-0.1, -0.05) is 84.2 Å². The van der Waals surface area contributed by atoms with Gasteiger partial charge in [0.05, 0.1) is 54.9 Å². The molecule has 16 heteroatoms. The van der Waals surface area contributed by atoms with E-state index in [0.717, 1.165) is 100 Å². The minimum atomic E-state index is -0.883. The van der Waals surface area contributed by atoms with Crippen molar-refractivity contribution in [1.29, 1.82) is 0 Å². The monoisotopic (exact) mass is 1120 g/mol. The second kappa shape index (κ2) is 25.3. The molecule has 0 saturated carbocycles. The fraction of sp³-hybridized carbons (Fsp3) is 0.194. The van der Waals surface area contributed by atoms with Crippen LogP contribution >= 0.6 is 46.2 Å². The van der Waals surface area contributed by atoms with Crippen LogP contribution in [0.3, 0.4) is 0 Å². The van der Waals surface area contributed by atoms with Crippen LogP contribution in [0.4, 0.5) is 0 Å². The maximum Gasteiger partial charge on any atom is 1.00 e. The predicted molar refractivity (Wildman–Crippen MR) is 315 cm³/mol. The maximum atomic E-state index is 12.3. The topological polar surface area (TPSA) is 148 Å². The fourth-order valence-electron chi connectivity index (χ4n) is 9.21. The van der Waals surface area contributed by atoms with Gasteiger partial charge in [-0.15, -0.1) is 22.7 Å². The molecule has 13 rings (SSSR count). The molecule has 400 valence electrons. The van der Waals surface area contributed by atoms with Gasteiger partial charge in [-0.2, -0.15) is 0 Å². The molecule has 12 nitrogen and oxygen atoms in total. The Bertz CT molecular complexity index is 3630. The van der Waals surface area contributed by atoms with Crippen LogP contribution in [0.5, 0.6) is 23.0 Å². The number of ether oxygens (including phenoxy) is 8. The Kier molecular flexibility index (Phi) is 18.2. The molecule has 1 saturated heterocycles. The summed E-state index contributed by atoms with van der Waals surface area (Å²) in [5.41, 5.74) is 4.28. The Morgan fingerprint density at radius 3 is 1.27 bits per heavy atom. The highest BCUT2D eigenvalue weighted by Gasteiger charge is 2.47. The summed E-state index contributed by atoms with van der Waals surface area (Å²) in [7, 11) is 9.88. The Morgan fingerprint density at radius 1 is 0.423 bits per heavy atom. The quantitative estimate of drug-likeness (QED) is 0.115. The van der Waals surface area contributed by atoms with Crippen LogP contribution in [0.25, 0.3) is 40.3 Å². The molecule has 1 fully saturated rings. The van der Waals surface area contributed by atoms with Gasteiger partial charge < -0.3 is 48.1 Å². The smallest absolute Gasteiger partial charge is 0.497 e. The predicted octanol–water partition coefficient (Wildman–Crippen LogP) is 13.1. The molecular weight excluding hydrogens is 1060 g/mol. The summed E-state index contributed by atoms with van der Waals surface area (Å²) in [6.45, 7) is 0.964. The molecule has 0 radical (unpaired) electrons. The zero-order valence-electron chi connectivity index (χ0n) is 45.6. The SMILES string of the molecule is COc1ccc2c(c1)C(OC)(OC)c1ccccc1S2.COc1ccc2c(c1)C1(OCCO1)c1ccccc1S2.COc1ccc2sc3ccccc3c(=O)c2c1.COc1ccc2sc3ccccc3c(=O)c2c1.OCCO.[H+].[H+]. The van der Waals surface area contributed by atoms with Crippen molar-refractivity contribution in [2.24, 2.45) is 0 Å². The van der Waals surface area contributed by atoms with Gasteiger partial charge in [0.25, 0.3) is 0 Å². The van der Waals surface area contributed by atoms with E-state index >= 15 is 0 Å². The second-order valence-corrected chi connectivity index (χ2v) is 21.6. The van der Waals surface area contributed by atoms with Gasteiger partial charge in [-0.25, -0.2) is 0 Å². The number of hydrogen-bond donors (Lipinski definition) is 2. The standard InChI is InChI=1S/C16H14O3S.C16H16O3S.2C14H10O2S.C2H6O2/c1-17-11-6-7-15-13(10-11)16(18-8-9-19-16)12-4-2-3-5-14(12)20-15;1-17-11-8-9-15-13(10-11)16(18-2,19-3)12-6-4-5-7-14(12)20-15;2*1-16-9-6-7-13-11(8-9)14(15)10-4-2-3-5-12(10)17-13;3-1-2-4/h2-7,10H,8-9H2,1H3;4-10H,1-3H3;2*2-8H,1H3;3-4H,1-2H2/p+2. The highest BCUT2D eigenvalue weighted by atomic mass is 32.2. The Morgan fingerprint density at radius 2 is 0.795 bits per heavy atom. The average molecular weight is 1120 g/mol. The molecule has 5 heterocycles. The average Bonchev–Trinajstić information content (AvgIpc) is 4.00. The van der Waals surface area contributed by atoms with Crippen LogP contribution in [0, 0.1) is 0 Å². The normalized spacial score (nSPS) is 13.8. The molecule has 0 aliphatic carbocycles. The van der Waals surface area contributed by atoms with Gasteiger partial charge in [-0.3, -0.25) is 9.59 Å². The van der Waals surface area contributed by atoms with Gasteiger partial charge in [0.2, 0.25) is 11.6 Å². The summed E-state index contributed by atoms with van der Waals surface area (Å²) >= 11 is 6.72. The highest BCUT2D eigenvalue weighted by Crippen LogP contribution is 2.53. The van der Waals surface area contributed by atoms with E-state index in [2.05, 4.69) is 24.3 Å². The van der Waals surface area contributed by atoms with E-state index in [1.165, 1.54) is 4.90 Å². The van der Waals surface area contributed by atoms with Gasteiger partial charge in [0, 0.05) is 96.4 Å². The lowest BCUT2D eigenvalue weighted by atomic mass is 9.96. The van der Waals surface area contributed by atoms with Crippen molar-refractivity contribution in [1.82, 2.24) is 0 Å². The Balaban J connectivity index is 0.000000150. The minimum absolute atomic E-state index is 0. The van der Waals surface area contributed by atoms with E-state index in [-0.39, 0.29) is 26.9 Å². The van der Waals surface area contributed by atoms with Crippen LogP contribution in [0.15, 0.2) is 199 Å². The van der Waals surface area contributed by atoms with E-state index in [1.807, 2.05) is 133 Å². The lowest BCUT2D eigenvalue weighted by Crippen LogP contribution is -2.35. The molecule has 78 heavy (non-hydrogen) atoms. The van der Waals surface area contributed by atoms with Crippen molar-refractivity contribution in [3.63, 3.8) is 0 Å². The van der Waals surface area contributed by atoms with E-state index in [0.29, 0.717) is 13.2 Å². The van der Waals surface area contributed by atoms with Crippen molar-refractivity contribution >= 4 is 86.5 Å². The first kappa shape index (κ1) is 55.9. The maximum absolute atomic E-state index is 12.3. The lowest BCUT2D eigenvalue weighted by molar-refractivity contribution is -0.187. The molecule has 1 spiro atoms. The molecule has 2 aromatic heterocycles. The Hall–Kier alpha value is -6.80. The van der Waals surface area contributed by atoms with Crippen molar-refractivity contribution in [3.8, 4) is 23.0 Å². The third-order valence-electron chi connectivity index (χ3n) is 12.9. The van der Waals surface area contributed by atoms with Crippen molar-refractivity contribution in [2.45, 2.75) is 31.2 Å². The number of hydrogen-bond acceptors (Lipinski definition) is 16. The van der Waals surface area contributed by atoms with E-state index in [1.54, 1.807) is 101 Å². The molecule has 8 aromatic carbocycles. The van der Waals surface area contributed by atoms with E-state index < -0.39 is 11.6 Å². The van der Waals surface area contributed by atoms with Gasteiger partial charge in [0.15, 0.2) is 10.9 Å². The molecule has 0 amide bonds. The second-order valence-electron chi connectivity index (χ2n) is 17.3. The molecule has 0 atom stereocenters. The Labute approximate surface area is 470 Å². The van der Waals surface area contributed by atoms with E-state index in [9.17, 15) is 9.59 Å². The number of aliphatic hydroxyl groups is 2. The summed E-state index contributed by atoms with van der Waals surface area (Å²) in [6, 6.07) is 55.1. The molecule has 3 aliphatic heterocycles. The summed E-state index contributed by atoms with van der Waals surface area (Å²) in [6.07, 6.45) is 0. The number of aliphatic hydroxyl groups excluding tert-OH is 2. The number of rotatable bonds is 7. The third kappa shape index (κ3) is 11.2. The zero-order valence-corrected chi connectivity index (χ0v) is 46.9. The van der Waals surface area contributed by atoms with Crippen molar-refractivity contribution in [2.75, 3.05) is 69.1 Å². The number of methoxy groups -OCH3 is 6. The number of fused-ring (bicyclic) bond motifs is 10. The molecule has 0 bridgehead atoms. The summed E-state index contributed by atoms with van der Waals surface area (Å²) in [5, 5.41) is 18.3. The van der Waals surface area contributed by atoms with Crippen LogP contribution in [-0.4, -0.2) is 79.3 Å². The van der Waals surface area contributed by atoms with Crippen LogP contribution < -0.4 is 29.8 Å². The van der Waals surface area contributed by atoms with Gasteiger partial charge in [-0.05, 0) is 109 Å². The molecule has 2 N–H and O–H groups in total. The summed E-state index contributed by atoms with van der Waals surface area (Å²) in [4.78, 5) is 29.2. The first-order valence-electron chi connectivity index (χ1n) is 24.6. The zero-order chi connectivity index (χ0) is 54.8. The van der Waals surface area contributed by atoms with Crippen molar-refractivity contribution < 1.29 is 51.0 Å². The van der Waals surface area contributed by atoms with E-state index in [4.69, 9.17) is 48.1 Å². The van der Waals surface area contributed by atoms with Crippen molar-refractivity contribution in [3.05, 3.63) is 213 Å². The summed E-state index contributed by atoms with van der Waals surface area (Å²) < 4.78 is 48.7. The van der Waals surface area contributed by atoms with Crippen LogP contribution in [0.2, 0.25) is 0 Å². The van der Waals surface area contributed by atoms with Gasteiger partial charge in [0.1, 0.15) is 23.0 Å². The van der Waals surface area contributed by atoms with Crippen LogP contribution in [0.1, 0.15) is 25.1 Å². The number of benzene rings is 8. The molecule has 0 unspecified atom stereocenters. The fourth-order valence-corrected chi connectivity index (χ4v) is 13.6. The summed E-state index contributed by atoms with van der Waals surface area (Å²) in [5.74, 6) is 1.40. The molecule has 10 aromatic rings. The first-order chi connectivity index (χ1) is 38.1. The first-order valence-corrected chi connectivity index (χ1v) is 27.9. The third-order valence-corrected chi connectivity index (χ3v) is 17.5. The van der Waals surface area contributed by atoms with Crippen LogP contribution in [-0.2, 0) is 30.5 Å².